The van der Waals surface area contributed by atoms with Crippen molar-refractivity contribution < 1.29 is 13.9 Å². The molecule has 8 heteroatoms. The molecule has 1 amide bonds. The average Bonchev–Trinajstić information content (AvgIpc) is 3.44. The molecule has 38 heavy (non-hydrogen) atoms. The van der Waals surface area contributed by atoms with E-state index in [0.29, 0.717) is 24.3 Å². The van der Waals surface area contributed by atoms with Gasteiger partial charge in [-0.2, -0.15) is 0 Å². The molecule has 2 N–H and O–H groups in total. The monoisotopic (exact) mass is 511 g/mol. The van der Waals surface area contributed by atoms with Gasteiger partial charge in [-0.25, -0.2) is 9.37 Å². The van der Waals surface area contributed by atoms with Gasteiger partial charge in [-0.3, -0.25) is 4.79 Å². The predicted octanol–water partition coefficient (Wildman–Crippen LogP) is 5.02. The molecule has 7 nitrogen and oxygen atoms in total. The average molecular weight is 512 g/mol. The van der Waals surface area contributed by atoms with Gasteiger partial charge in [0.2, 0.25) is 0 Å². The van der Waals surface area contributed by atoms with Crippen molar-refractivity contribution in [1.82, 2.24) is 18.9 Å². The molecular formula is C30H30FN5O2. The number of nitrogens with zero attached hydrogens (tertiary/aromatic N) is 4. The van der Waals surface area contributed by atoms with Crippen LogP contribution in [0.2, 0.25) is 0 Å². The number of nitrogens with two attached hydrogens (primary N) is 1. The summed E-state index contributed by atoms with van der Waals surface area (Å²) in [4.78, 5) is 20.0. The van der Waals surface area contributed by atoms with E-state index >= 15 is 0 Å². The fourth-order valence-electron chi connectivity index (χ4n) is 5.48. The van der Waals surface area contributed by atoms with Crippen molar-refractivity contribution in [3.05, 3.63) is 89.5 Å². The van der Waals surface area contributed by atoms with E-state index in [1.807, 2.05) is 64.9 Å². The van der Waals surface area contributed by atoms with Gasteiger partial charge in [0.25, 0.3) is 5.91 Å². The van der Waals surface area contributed by atoms with E-state index in [1.54, 1.807) is 19.2 Å². The van der Waals surface area contributed by atoms with Crippen LogP contribution in [0, 0.1) is 12.7 Å². The van der Waals surface area contributed by atoms with Crippen molar-refractivity contribution in [2.24, 2.45) is 5.73 Å². The Balaban J connectivity index is 1.44. The molecule has 194 valence electrons. The molecule has 6 rings (SSSR count). The van der Waals surface area contributed by atoms with Gasteiger partial charge >= 0.3 is 0 Å². The minimum Gasteiger partial charge on any atom is -0.497 e. The lowest BCUT2D eigenvalue weighted by Crippen LogP contribution is -2.45. The van der Waals surface area contributed by atoms with Gasteiger partial charge in [0, 0.05) is 54.0 Å². The van der Waals surface area contributed by atoms with Crippen LogP contribution in [0.25, 0.3) is 27.9 Å². The minimum absolute atomic E-state index is 0.0209. The Morgan fingerprint density at radius 2 is 2.03 bits per heavy atom. The van der Waals surface area contributed by atoms with Crippen molar-refractivity contribution in [1.29, 1.82) is 0 Å². The molecule has 0 aliphatic carbocycles. The number of aryl methyl sites for hydroxylation is 1. The summed E-state index contributed by atoms with van der Waals surface area (Å²) < 4.78 is 23.7. The molecule has 0 spiro atoms. The quantitative estimate of drug-likeness (QED) is 0.359. The first-order valence-electron chi connectivity index (χ1n) is 12.9. The van der Waals surface area contributed by atoms with E-state index in [-0.39, 0.29) is 17.8 Å². The lowest BCUT2D eigenvalue weighted by molar-refractivity contribution is 0.0709. The Hall–Kier alpha value is -4.17. The van der Waals surface area contributed by atoms with Crippen LogP contribution in [0.4, 0.5) is 4.39 Å². The van der Waals surface area contributed by atoms with Gasteiger partial charge in [0.05, 0.1) is 12.8 Å². The van der Waals surface area contributed by atoms with Crippen LogP contribution < -0.4 is 10.5 Å². The molecule has 4 heterocycles. The molecule has 1 atom stereocenters. The number of aromatic nitrogens is 3. The molecule has 1 saturated heterocycles. The topological polar surface area (TPSA) is 77.8 Å². The largest absolute Gasteiger partial charge is 0.497 e. The smallest absolute Gasteiger partial charge is 0.254 e. The van der Waals surface area contributed by atoms with Crippen LogP contribution >= 0.6 is 0 Å². The molecule has 1 fully saturated rings. The third kappa shape index (κ3) is 4.31. The molecule has 0 bridgehead atoms. The number of imidazole rings is 1. The lowest BCUT2D eigenvalue weighted by Gasteiger charge is -2.30. The fourth-order valence-corrected chi connectivity index (χ4v) is 5.48. The van der Waals surface area contributed by atoms with Gasteiger partial charge in [0.1, 0.15) is 22.9 Å². The second kappa shape index (κ2) is 9.61. The number of hydrogen-bond acceptors (Lipinski definition) is 4. The highest BCUT2D eigenvalue weighted by molar-refractivity contribution is 5.95. The summed E-state index contributed by atoms with van der Waals surface area (Å²) in [5.74, 6) is 0.477. The van der Waals surface area contributed by atoms with Crippen LogP contribution in [0.3, 0.4) is 0 Å². The molecule has 3 aromatic heterocycles. The first-order chi connectivity index (χ1) is 18.4. The normalized spacial score (nSPS) is 15.9. The maximum Gasteiger partial charge on any atom is 0.254 e. The van der Waals surface area contributed by atoms with Crippen molar-refractivity contribution in [3.8, 4) is 17.1 Å². The standard InChI is InChI=1S/C30H30FN5O2/c1-19-29(33-28-16-21(10-12-35(19)28)30(37)34-11-4-6-24(32)18-34)27-15-22-14-23(31)8-9-26(22)36(27)17-20-5-3-7-25(13-20)38-2/h3,5,7-10,12-16,24H,4,6,11,17-18,32H2,1-2H3/t24-/m1/s1. The maximum atomic E-state index is 14.2. The van der Waals surface area contributed by atoms with Crippen LogP contribution in [0.1, 0.15) is 34.5 Å². The Morgan fingerprint density at radius 3 is 2.84 bits per heavy atom. The summed E-state index contributed by atoms with van der Waals surface area (Å²) in [6.07, 6.45) is 3.76. The fraction of sp³-hybridized carbons (Fsp3) is 0.267. The van der Waals surface area contributed by atoms with Gasteiger partial charge in [-0.05, 0) is 73.9 Å². The number of ether oxygens (including phenoxy) is 1. The summed E-state index contributed by atoms with van der Waals surface area (Å²) in [7, 11) is 1.65. The SMILES string of the molecule is COc1cccc(Cn2c(-c3nc4cc(C(=O)N5CCC[C@@H](N)C5)ccn4c3C)cc3cc(F)ccc32)c1. The van der Waals surface area contributed by atoms with Crippen LogP contribution in [-0.2, 0) is 6.54 Å². The second-order valence-corrected chi connectivity index (χ2v) is 10.0. The number of piperidine rings is 1. The first-order valence-corrected chi connectivity index (χ1v) is 12.9. The number of likely N-dealkylation sites (tertiary alicyclic amines) is 1. The highest BCUT2D eigenvalue weighted by Crippen LogP contribution is 2.32. The van der Waals surface area contributed by atoms with E-state index < -0.39 is 0 Å². The Morgan fingerprint density at radius 1 is 1.16 bits per heavy atom. The van der Waals surface area contributed by atoms with Gasteiger partial charge in [-0.15, -0.1) is 0 Å². The van der Waals surface area contributed by atoms with Gasteiger partial charge in [0.15, 0.2) is 0 Å². The number of carbonyl (C=O) groups excluding carboxylic acids is 1. The number of fused-ring (bicyclic) bond motifs is 2. The third-order valence-corrected chi connectivity index (χ3v) is 7.44. The summed E-state index contributed by atoms with van der Waals surface area (Å²) in [5.41, 5.74) is 12.0. The maximum absolute atomic E-state index is 14.2. The van der Waals surface area contributed by atoms with Crippen LogP contribution in [0.5, 0.6) is 5.75 Å². The number of rotatable bonds is 5. The molecule has 0 radical (unpaired) electrons. The number of carbonyl (C=O) groups is 1. The first kappa shape index (κ1) is 24.2. The molecule has 2 aromatic carbocycles. The zero-order chi connectivity index (χ0) is 26.4. The van der Waals surface area contributed by atoms with Gasteiger partial charge < -0.3 is 24.3 Å². The number of methoxy groups -OCH3 is 1. The molecule has 1 aliphatic rings. The zero-order valence-corrected chi connectivity index (χ0v) is 21.5. The van der Waals surface area contributed by atoms with Crippen molar-refractivity contribution in [2.75, 3.05) is 20.2 Å². The molecule has 1 aliphatic heterocycles. The van der Waals surface area contributed by atoms with E-state index in [0.717, 1.165) is 58.7 Å². The summed E-state index contributed by atoms with van der Waals surface area (Å²) in [5, 5.41) is 0.802. The third-order valence-electron chi connectivity index (χ3n) is 7.44. The van der Waals surface area contributed by atoms with Crippen molar-refractivity contribution in [2.45, 2.75) is 32.4 Å². The predicted molar refractivity (Wildman–Crippen MR) is 146 cm³/mol. The highest BCUT2D eigenvalue weighted by Gasteiger charge is 2.24. The summed E-state index contributed by atoms with van der Waals surface area (Å²) >= 11 is 0. The number of amides is 1. The highest BCUT2D eigenvalue weighted by atomic mass is 19.1. The van der Waals surface area contributed by atoms with Crippen LogP contribution in [-0.4, -0.2) is 51.0 Å². The van der Waals surface area contributed by atoms with E-state index in [2.05, 4.69) is 4.57 Å². The molecular weight excluding hydrogens is 481 g/mol. The minimum atomic E-state index is -0.283. The second-order valence-electron chi connectivity index (χ2n) is 10.0. The van der Waals surface area contributed by atoms with E-state index in [9.17, 15) is 9.18 Å². The van der Waals surface area contributed by atoms with Crippen molar-refractivity contribution >= 4 is 22.5 Å². The lowest BCUT2D eigenvalue weighted by atomic mass is 10.1. The number of benzene rings is 2. The number of hydrogen-bond donors (Lipinski definition) is 1. The van der Waals surface area contributed by atoms with E-state index in [1.165, 1.54) is 6.07 Å². The molecule has 0 saturated carbocycles. The Bertz CT molecular complexity index is 1670. The Kier molecular flexibility index (Phi) is 6.12. The molecule has 0 unspecified atom stereocenters. The van der Waals surface area contributed by atoms with Crippen LogP contribution in [0.15, 0.2) is 66.9 Å². The summed E-state index contributed by atoms with van der Waals surface area (Å²) in [6.45, 7) is 3.86. The summed E-state index contributed by atoms with van der Waals surface area (Å²) in [6, 6.07) is 18.4. The zero-order valence-electron chi connectivity index (χ0n) is 21.5. The number of pyridine rings is 1. The van der Waals surface area contributed by atoms with Gasteiger partial charge in [-0.1, -0.05) is 12.1 Å². The van der Waals surface area contributed by atoms with E-state index in [4.69, 9.17) is 15.5 Å². The molecule has 5 aromatic rings. The number of halogens is 1. The Labute approximate surface area is 220 Å². The van der Waals surface area contributed by atoms with Crippen molar-refractivity contribution in [3.63, 3.8) is 0 Å².